The van der Waals surface area contributed by atoms with Gasteiger partial charge in [0.2, 0.25) is 0 Å². The third-order valence-corrected chi connectivity index (χ3v) is 6.15. The molecule has 0 aliphatic heterocycles. The molecular formula is C23H26N2O2. The van der Waals surface area contributed by atoms with Crippen LogP contribution in [0.2, 0.25) is 0 Å². The number of hydrogen-bond donors (Lipinski definition) is 3. The molecule has 4 nitrogen and oxygen atoms in total. The molecule has 0 unspecified atom stereocenters. The Morgan fingerprint density at radius 1 is 0.926 bits per heavy atom. The molecule has 1 heterocycles. The molecule has 0 atom stereocenters. The van der Waals surface area contributed by atoms with E-state index >= 15 is 0 Å². The molecule has 1 amide bonds. The van der Waals surface area contributed by atoms with Gasteiger partial charge in [-0.15, -0.1) is 0 Å². The van der Waals surface area contributed by atoms with E-state index in [2.05, 4.69) is 63.0 Å². The second-order valence-corrected chi connectivity index (χ2v) is 8.95. The molecule has 140 valence electrons. The quantitative estimate of drug-likeness (QED) is 0.428. The minimum Gasteiger partial charge on any atom is -0.350 e. The fraction of sp³-hybridized carbons (Fsp3) is 0.348. The number of amides is 1. The lowest BCUT2D eigenvalue weighted by molar-refractivity contribution is 0.0701. The van der Waals surface area contributed by atoms with Gasteiger partial charge in [-0.05, 0) is 58.1 Å². The number of carbonyl (C=O) groups excluding carboxylic acids is 1. The summed E-state index contributed by atoms with van der Waals surface area (Å²) in [5, 5.41) is 9.77. The highest BCUT2D eigenvalue weighted by molar-refractivity contribution is 5.98. The first-order valence-corrected chi connectivity index (χ1v) is 9.44. The van der Waals surface area contributed by atoms with Crippen LogP contribution in [0.4, 0.5) is 0 Å². The van der Waals surface area contributed by atoms with E-state index in [0.717, 1.165) is 16.5 Å². The molecule has 0 spiro atoms. The van der Waals surface area contributed by atoms with Crippen molar-refractivity contribution in [3.8, 4) is 11.1 Å². The Balaban J connectivity index is 1.81. The van der Waals surface area contributed by atoms with Gasteiger partial charge in [-0.25, -0.2) is 5.48 Å². The van der Waals surface area contributed by atoms with E-state index in [1.165, 1.54) is 29.5 Å². The zero-order valence-corrected chi connectivity index (χ0v) is 16.3. The fourth-order valence-corrected chi connectivity index (χ4v) is 4.26. The first-order chi connectivity index (χ1) is 12.7. The SMILES string of the molecule is CC1(C)CCC(C)(C)c2cc(-c3ccc4cc(C(=O)NO)[nH]c4c3)ccc21. The Labute approximate surface area is 159 Å². The van der Waals surface area contributed by atoms with Gasteiger partial charge in [0, 0.05) is 10.9 Å². The lowest BCUT2D eigenvalue weighted by atomic mass is 9.63. The molecule has 0 fully saturated rings. The molecule has 0 saturated heterocycles. The molecule has 27 heavy (non-hydrogen) atoms. The summed E-state index contributed by atoms with van der Waals surface area (Å²) in [5.74, 6) is -0.537. The molecule has 1 aromatic heterocycles. The number of rotatable bonds is 2. The van der Waals surface area contributed by atoms with E-state index in [0.29, 0.717) is 5.69 Å². The van der Waals surface area contributed by atoms with Gasteiger partial charge in [0.15, 0.2) is 0 Å². The molecule has 4 rings (SSSR count). The zero-order valence-electron chi connectivity index (χ0n) is 16.3. The van der Waals surface area contributed by atoms with Crippen molar-refractivity contribution in [1.29, 1.82) is 0 Å². The van der Waals surface area contributed by atoms with Crippen LogP contribution < -0.4 is 5.48 Å². The van der Waals surface area contributed by atoms with Crippen molar-refractivity contribution in [2.24, 2.45) is 0 Å². The first kappa shape index (κ1) is 17.8. The van der Waals surface area contributed by atoms with Gasteiger partial charge in [-0.1, -0.05) is 58.0 Å². The maximum atomic E-state index is 11.6. The highest BCUT2D eigenvalue weighted by atomic mass is 16.5. The normalized spacial score (nSPS) is 17.5. The third kappa shape index (κ3) is 2.94. The van der Waals surface area contributed by atoms with Gasteiger partial charge in [-0.3, -0.25) is 10.0 Å². The van der Waals surface area contributed by atoms with Crippen molar-refractivity contribution in [3.05, 3.63) is 59.3 Å². The van der Waals surface area contributed by atoms with Crippen molar-refractivity contribution < 1.29 is 10.0 Å². The van der Waals surface area contributed by atoms with Gasteiger partial charge < -0.3 is 4.98 Å². The zero-order chi connectivity index (χ0) is 19.4. The van der Waals surface area contributed by atoms with E-state index in [1.54, 1.807) is 11.5 Å². The number of H-pyrrole nitrogens is 1. The summed E-state index contributed by atoms with van der Waals surface area (Å²) in [5.41, 5.74) is 8.45. The van der Waals surface area contributed by atoms with Gasteiger partial charge in [0.05, 0.1) is 0 Å². The van der Waals surface area contributed by atoms with Crippen LogP contribution in [0.5, 0.6) is 0 Å². The molecule has 3 aromatic rings. The monoisotopic (exact) mass is 362 g/mol. The van der Waals surface area contributed by atoms with Crippen LogP contribution in [0, 0.1) is 0 Å². The number of aromatic amines is 1. The number of aromatic nitrogens is 1. The Bertz CT molecular complexity index is 1040. The van der Waals surface area contributed by atoms with Crippen molar-refractivity contribution in [2.45, 2.75) is 51.4 Å². The van der Waals surface area contributed by atoms with Gasteiger partial charge >= 0.3 is 0 Å². The molecule has 1 aliphatic carbocycles. The molecular weight excluding hydrogens is 336 g/mol. The van der Waals surface area contributed by atoms with E-state index < -0.39 is 5.91 Å². The molecule has 4 heteroatoms. The number of nitrogens with one attached hydrogen (secondary N) is 2. The molecule has 0 bridgehead atoms. The maximum Gasteiger partial charge on any atom is 0.291 e. The summed E-state index contributed by atoms with van der Waals surface area (Å²) < 4.78 is 0. The lowest BCUT2D eigenvalue weighted by Crippen LogP contribution is -2.33. The Morgan fingerprint density at radius 2 is 1.56 bits per heavy atom. The molecule has 0 radical (unpaired) electrons. The van der Waals surface area contributed by atoms with Gasteiger partial charge in [0.1, 0.15) is 5.69 Å². The number of hydroxylamine groups is 1. The van der Waals surface area contributed by atoms with Gasteiger partial charge in [-0.2, -0.15) is 0 Å². The van der Waals surface area contributed by atoms with Crippen molar-refractivity contribution in [1.82, 2.24) is 10.5 Å². The number of carbonyl (C=O) groups is 1. The Morgan fingerprint density at radius 3 is 2.26 bits per heavy atom. The average Bonchev–Trinajstić information content (AvgIpc) is 3.08. The highest BCUT2D eigenvalue weighted by Crippen LogP contribution is 2.46. The van der Waals surface area contributed by atoms with E-state index in [-0.39, 0.29) is 10.8 Å². The summed E-state index contributed by atoms with van der Waals surface area (Å²) in [4.78, 5) is 14.7. The number of benzene rings is 2. The predicted molar refractivity (Wildman–Crippen MR) is 108 cm³/mol. The third-order valence-electron chi connectivity index (χ3n) is 6.15. The molecule has 2 aromatic carbocycles. The summed E-state index contributed by atoms with van der Waals surface area (Å²) in [6.07, 6.45) is 2.39. The first-order valence-electron chi connectivity index (χ1n) is 9.44. The van der Waals surface area contributed by atoms with Crippen LogP contribution in [-0.4, -0.2) is 16.1 Å². The average molecular weight is 362 g/mol. The van der Waals surface area contributed by atoms with Crippen LogP contribution in [0.15, 0.2) is 42.5 Å². The Hall–Kier alpha value is -2.59. The summed E-state index contributed by atoms with van der Waals surface area (Å²) in [6, 6.07) is 14.7. The number of hydrogen-bond acceptors (Lipinski definition) is 2. The number of fused-ring (bicyclic) bond motifs is 2. The minimum atomic E-state index is -0.537. The van der Waals surface area contributed by atoms with Crippen LogP contribution in [0.1, 0.15) is 62.2 Å². The second-order valence-electron chi connectivity index (χ2n) is 8.95. The van der Waals surface area contributed by atoms with Crippen LogP contribution in [-0.2, 0) is 10.8 Å². The Kier molecular flexibility index (Phi) is 3.93. The van der Waals surface area contributed by atoms with Crippen LogP contribution in [0.3, 0.4) is 0 Å². The summed E-state index contributed by atoms with van der Waals surface area (Å²) in [7, 11) is 0. The minimum absolute atomic E-state index is 0.170. The summed E-state index contributed by atoms with van der Waals surface area (Å²) in [6.45, 7) is 9.33. The lowest BCUT2D eigenvalue weighted by Gasteiger charge is -2.42. The second kappa shape index (κ2) is 5.96. The van der Waals surface area contributed by atoms with Gasteiger partial charge in [0.25, 0.3) is 5.91 Å². The van der Waals surface area contributed by atoms with Crippen molar-refractivity contribution in [3.63, 3.8) is 0 Å². The van der Waals surface area contributed by atoms with Crippen molar-refractivity contribution in [2.75, 3.05) is 0 Å². The maximum absolute atomic E-state index is 11.6. The van der Waals surface area contributed by atoms with Crippen LogP contribution >= 0.6 is 0 Å². The van der Waals surface area contributed by atoms with E-state index in [9.17, 15) is 4.79 Å². The van der Waals surface area contributed by atoms with Crippen LogP contribution in [0.25, 0.3) is 22.0 Å². The summed E-state index contributed by atoms with van der Waals surface area (Å²) >= 11 is 0. The fourth-order valence-electron chi connectivity index (χ4n) is 4.26. The topological polar surface area (TPSA) is 65.1 Å². The smallest absolute Gasteiger partial charge is 0.291 e. The van der Waals surface area contributed by atoms with Crippen molar-refractivity contribution >= 4 is 16.8 Å². The van der Waals surface area contributed by atoms with E-state index in [4.69, 9.17) is 5.21 Å². The standard InChI is InChI=1S/C23H26N2O2/c1-22(2)9-10-23(3,4)18-11-14(7-8-17(18)22)15-5-6-16-13-20(21(26)25-27)24-19(16)12-15/h5-8,11-13,24,27H,9-10H2,1-4H3,(H,25,26). The van der Waals surface area contributed by atoms with E-state index in [1.807, 2.05) is 6.07 Å². The highest BCUT2D eigenvalue weighted by Gasteiger charge is 2.36. The molecule has 1 aliphatic rings. The largest absolute Gasteiger partial charge is 0.350 e. The molecule has 3 N–H and O–H groups in total. The molecule has 0 saturated carbocycles. The predicted octanol–water partition coefficient (Wildman–Crippen LogP) is 5.30.